The first-order valence-corrected chi connectivity index (χ1v) is 5.61. The minimum atomic E-state index is 0.698. The minimum absolute atomic E-state index is 0.698. The van der Waals surface area contributed by atoms with Gasteiger partial charge in [0.15, 0.2) is 0 Å². The third-order valence-electron chi connectivity index (χ3n) is 2.78. The molecule has 1 aromatic heterocycles. The number of aromatic nitrogens is 1. The highest BCUT2D eigenvalue weighted by Crippen LogP contribution is 2.29. The molecule has 16 heavy (non-hydrogen) atoms. The van der Waals surface area contributed by atoms with Gasteiger partial charge in [0.1, 0.15) is 0 Å². The molecule has 0 unspecified atom stereocenters. The lowest BCUT2D eigenvalue weighted by atomic mass is 10.0. The molecule has 0 aliphatic rings. The van der Waals surface area contributed by atoms with Crippen LogP contribution in [0, 0.1) is 0 Å². The monoisotopic (exact) mass is 215 g/mol. The number of hydrogen-bond donors (Lipinski definition) is 2. The molecular formula is C13H17N3. The van der Waals surface area contributed by atoms with E-state index in [2.05, 4.69) is 35.4 Å². The summed E-state index contributed by atoms with van der Waals surface area (Å²) >= 11 is 0. The SMILES string of the molecule is CCCc1cccc2c(NC)c(N)cnc12. The van der Waals surface area contributed by atoms with Crippen molar-refractivity contribution in [2.45, 2.75) is 19.8 Å². The largest absolute Gasteiger partial charge is 0.396 e. The molecule has 2 aromatic rings. The van der Waals surface area contributed by atoms with Crippen molar-refractivity contribution in [2.75, 3.05) is 18.1 Å². The summed E-state index contributed by atoms with van der Waals surface area (Å²) in [6, 6.07) is 6.26. The van der Waals surface area contributed by atoms with Crippen molar-refractivity contribution in [3.8, 4) is 0 Å². The number of nitrogens with two attached hydrogens (primary N) is 1. The Hall–Kier alpha value is -1.77. The smallest absolute Gasteiger partial charge is 0.0756 e. The van der Waals surface area contributed by atoms with Crippen LogP contribution in [-0.4, -0.2) is 12.0 Å². The van der Waals surface area contributed by atoms with E-state index in [1.165, 1.54) is 5.56 Å². The molecule has 0 aliphatic carbocycles. The second kappa shape index (κ2) is 4.39. The summed E-state index contributed by atoms with van der Waals surface area (Å²) < 4.78 is 0. The van der Waals surface area contributed by atoms with Gasteiger partial charge < -0.3 is 11.1 Å². The molecule has 0 bridgehead atoms. The summed E-state index contributed by atoms with van der Waals surface area (Å²) in [6.07, 6.45) is 3.91. The Morgan fingerprint density at radius 3 is 2.88 bits per heavy atom. The molecule has 2 rings (SSSR count). The van der Waals surface area contributed by atoms with Gasteiger partial charge in [-0.05, 0) is 12.0 Å². The molecule has 1 heterocycles. The quantitative estimate of drug-likeness (QED) is 0.827. The van der Waals surface area contributed by atoms with Crippen molar-refractivity contribution in [3.63, 3.8) is 0 Å². The zero-order valence-electron chi connectivity index (χ0n) is 9.75. The van der Waals surface area contributed by atoms with Gasteiger partial charge in [-0.3, -0.25) is 4.98 Å². The van der Waals surface area contributed by atoms with Crippen molar-refractivity contribution in [1.29, 1.82) is 0 Å². The van der Waals surface area contributed by atoms with Crippen molar-refractivity contribution in [1.82, 2.24) is 4.98 Å². The molecule has 0 radical (unpaired) electrons. The Balaban J connectivity index is 2.71. The van der Waals surface area contributed by atoms with Crippen LogP contribution in [0.4, 0.5) is 11.4 Å². The fourth-order valence-corrected chi connectivity index (χ4v) is 2.05. The van der Waals surface area contributed by atoms with E-state index >= 15 is 0 Å². The van der Waals surface area contributed by atoms with Crippen LogP contribution in [0.5, 0.6) is 0 Å². The van der Waals surface area contributed by atoms with E-state index in [1.807, 2.05) is 7.05 Å². The zero-order chi connectivity index (χ0) is 11.5. The maximum absolute atomic E-state index is 5.90. The van der Waals surface area contributed by atoms with Gasteiger partial charge in [0.25, 0.3) is 0 Å². The van der Waals surface area contributed by atoms with E-state index in [1.54, 1.807) is 6.20 Å². The first kappa shape index (κ1) is 10.7. The lowest BCUT2D eigenvalue weighted by molar-refractivity contribution is 0.926. The third-order valence-corrected chi connectivity index (χ3v) is 2.78. The highest BCUT2D eigenvalue weighted by Gasteiger charge is 2.07. The molecule has 0 fully saturated rings. The average Bonchev–Trinajstić information content (AvgIpc) is 2.29. The molecule has 1 aromatic carbocycles. The second-order valence-electron chi connectivity index (χ2n) is 3.90. The van der Waals surface area contributed by atoms with E-state index in [-0.39, 0.29) is 0 Å². The van der Waals surface area contributed by atoms with Crippen molar-refractivity contribution in [3.05, 3.63) is 30.0 Å². The Morgan fingerprint density at radius 2 is 2.19 bits per heavy atom. The number of nitrogen functional groups attached to an aromatic ring is 1. The van der Waals surface area contributed by atoms with Crippen LogP contribution in [0.25, 0.3) is 10.9 Å². The molecule has 0 saturated carbocycles. The molecule has 3 nitrogen and oxygen atoms in total. The van der Waals surface area contributed by atoms with E-state index < -0.39 is 0 Å². The first-order valence-electron chi connectivity index (χ1n) is 5.61. The van der Waals surface area contributed by atoms with Crippen molar-refractivity contribution >= 4 is 22.3 Å². The van der Waals surface area contributed by atoms with Crippen molar-refractivity contribution in [2.24, 2.45) is 0 Å². The normalized spacial score (nSPS) is 10.6. The van der Waals surface area contributed by atoms with E-state index in [9.17, 15) is 0 Å². The number of benzene rings is 1. The average molecular weight is 215 g/mol. The fourth-order valence-electron chi connectivity index (χ4n) is 2.05. The lowest BCUT2D eigenvalue weighted by Crippen LogP contribution is -1.99. The van der Waals surface area contributed by atoms with Gasteiger partial charge in [-0.15, -0.1) is 0 Å². The lowest BCUT2D eigenvalue weighted by Gasteiger charge is -2.11. The molecule has 0 spiro atoms. The number of nitrogens with zero attached hydrogens (tertiary/aromatic N) is 1. The number of rotatable bonds is 3. The highest BCUT2D eigenvalue weighted by molar-refractivity contribution is 5.98. The molecule has 0 aliphatic heterocycles. The summed E-state index contributed by atoms with van der Waals surface area (Å²) in [4.78, 5) is 4.44. The van der Waals surface area contributed by atoms with Crippen LogP contribution in [0.1, 0.15) is 18.9 Å². The van der Waals surface area contributed by atoms with Crippen LogP contribution in [0.2, 0.25) is 0 Å². The van der Waals surface area contributed by atoms with Gasteiger partial charge >= 0.3 is 0 Å². The number of pyridine rings is 1. The summed E-state index contributed by atoms with van der Waals surface area (Å²) in [5.41, 5.74) is 9.92. The molecule has 3 N–H and O–H groups in total. The van der Waals surface area contributed by atoms with Crippen LogP contribution in [-0.2, 0) is 6.42 Å². The van der Waals surface area contributed by atoms with E-state index in [0.717, 1.165) is 29.4 Å². The Labute approximate surface area is 95.7 Å². The summed E-state index contributed by atoms with van der Waals surface area (Å²) in [7, 11) is 1.89. The van der Waals surface area contributed by atoms with E-state index in [0.29, 0.717) is 5.69 Å². The number of hydrogen-bond acceptors (Lipinski definition) is 3. The number of aryl methyl sites for hydroxylation is 1. The van der Waals surface area contributed by atoms with Crippen LogP contribution < -0.4 is 11.1 Å². The predicted octanol–water partition coefficient (Wildman–Crippen LogP) is 2.81. The summed E-state index contributed by atoms with van der Waals surface area (Å²) in [5.74, 6) is 0. The van der Waals surface area contributed by atoms with Gasteiger partial charge in [-0.1, -0.05) is 31.5 Å². The molecule has 0 saturated heterocycles. The zero-order valence-corrected chi connectivity index (χ0v) is 9.75. The molecular weight excluding hydrogens is 198 g/mol. The molecule has 3 heteroatoms. The molecule has 84 valence electrons. The molecule has 0 atom stereocenters. The maximum Gasteiger partial charge on any atom is 0.0756 e. The van der Waals surface area contributed by atoms with Gasteiger partial charge in [-0.25, -0.2) is 0 Å². The number of para-hydroxylation sites is 1. The number of fused-ring (bicyclic) bond motifs is 1. The Bertz CT molecular complexity index is 506. The fraction of sp³-hybridized carbons (Fsp3) is 0.308. The predicted molar refractivity (Wildman–Crippen MR) is 69.7 cm³/mol. The number of anilines is 2. The second-order valence-corrected chi connectivity index (χ2v) is 3.90. The van der Waals surface area contributed by atoms with Crippen LogP contribution in [0.3, 0.4) is 0 Å². The van der Waals surface area contributed by atoms with Crippen LogP contribution in [0.15, 0.2) is 24.4 Å². The highest BCUT2D eigenvalue weighted by atomic mass is 14.9. The summed E-state index contributed by atoms with van der Waals surface area (Å²) in [6.45, 7) is 2.18. The Morgan fingerprint density at radius 1 is 1.38 bits per heavy atom. The van der Waals surface area contributed by atoms with Gasteiger partial charge in [0, 0.05) is 12.4 Å². The minimum Gasteiger partial charge on any atom is -0.396 e. The molecule has 0 amide bonds. The van der Waals surface area contributed by atoms with E-state index in [4.69, 9.17) is 5.73 Å². The Kier molecular flexibility index (Phi) is 2.95. The standard InChI is InChI=1S/C13H17N3/c1-3-5-9-6-4-7-10-12(9)16-8-11(14)13(10)15-2/h4,6-8H,3,5,14H2,1-2H3,(H,15,16). The summed E-state index contributed by atoms with van der Waals surface area (Å²) in [5, 5.41) is 4.25. The van der Waals surface area contributed by atoms with Crippen LogP contribution >= 0.6 is 0 Å². The topological polar surface area (TPSA) is 50.9 Å². The van der Waals surface area contributed by atoms with Gasteiger partial charge in [-0.2, -0.15) is 0 Å². The third kappa shape index (κ3) is 1.69. The number of nitrogens with one attached hydrogen (secondary N) is 1. The van der Waals surface area contributed by atoms with Gasteiger partial charge in [0.05, 0.1) is 23.1 Å². The maximum atomic E-state index is 5.90. The van der Waals surface area contributed by atoms with Crippen molar-refractivity contribution < 1.29 is 0 Å². The van der Waals surface area contributed by atoms with Gasteiger partial charge in [0.2, 0.25) is 0 Å². The first-order chi connectivity index (χ1) is 7.77.